The summed E-state index contributed by atoms with van der Waals surface area (Å²) in [5, 5.41) is 0. The van der Waals surface area contributed by atoms with E-state index in [0.29, 0.717) is 0 Å². The molecule has 0 bridgehead atoms. The fraction of sp³-hybridized carbons (Fsp3) is 0.286. The first kappa shape index (κ1) is 7.47. The standard InChI is InChI=1S/C7H8STe/c1-5-3-7(8)4-6(2)9-5/h3-4H,1-2H3. The van der Waals surface area contributed by atoms with Crippen LogP contribution in [-0.4, -0.2) is 20.4 Å². The summed E-state index contributed by atoms with van der Waals surface area (Å²) in [7, 11) is 0. The van der Waals surface area contributed by atoms with Gasteiger partial charge in [-0.05, 0) is 0 Å². The van der Waals surface area contributed by atoms with Gasteiger partial charge in [0.2, 0.25) is 0 Å². The van der Waals surface area contributed by atoms with E-state index in [-0.39, 0.29) is 20.4 Å². The van der Waals surface area contributed by atoms with E-state index in [1.165, 1.54) is 7.16 Å². The van der Waals surface area contributed by atoms with Crippen molar-refractivity contribution in [2.45, 2.75) is 13.8 Å². The zero-order chi connectivity index (χ0) is 6.85. The Bertz CT molecular complexity index is 239. The van der Waals surface area contributed by atoms with Crippen LogP contribution in [0.5, 0.6) is 0 Å². The third-order valence-corrected chi connectivity index (χ3v) is 3.76. The zero-order valence-electron chi connectivity index (χ0n) is 5.47. The Morgan fingerprint density at radius 3 is 2.00 bits per heavy atom. The molecule has 0 fully saturated rings. The molecule has 0 aliphatic heterocycles. The summed E-state index contributed by atoms with van der Waals surface area (Å²) >= 11 is 5.06. The molecule has 1 rings (SSSR count). The van der Waals surface area contributed by atoms with Crippen LogP contribution in [0.2, 0.25) is 0 Å². The molecule has 0 saturated heterocycles. The van der Waals surface area contributed by atoms with Crippen molar-refractivity contribution in [3.05, 3.63) is 23.8 Å². The fourth-order valence-corrected chi connectivity index (χ4v) is 4.09. The van der Waals surface area contributed by atoms with E-state index in [9.17, 15) is 0 Å². The van der Waals surface area contributed by atoms with Crippen molar-refractivity contribution in [2.24, 2.45) is 0 Å². The molecule has 0 spiro atoms. The van der Waals surface area contributed by atoms with Crippen molar-refractivity contribution in [2.75, 3.05) is 0 Å². The Hall–Kier alpha value is 0.360. The molecule has 0 unspecified atom stereocenters. The maximum atomic E-state index is 5.03. The van der Waals surface area contributed by atoms with Crippen molar-refractivity contribution in [3.63, 3.8) is 0 Å². The number of hydrogen-bond acceptors (Lipinski definition) is 1. The average Bonchev–Trinajstić information content (AvgIpc) is 1.59. The third-order valence-electron chi connectivity index (χ3n) is 1.01. The van der Waals surface area contributed by atoms with E-state index in [4.69, 9.17) is 12.2 Å². The fourth-order valence-electron chi connectivity index (χ4n) is 0.755. The van der Waals surface area contributed by atoms with Crippen LogP contribution in [0.3, 0.4) is 0 Å². The van der Waals surface area contributed by atoms with Crippen molar-refractivity contribution in [1.29, 1.82) is 0 Å². The summed E-state index contributed by atoms with van der Waals surface area (Å²) in [4.78, 5) is 0. The molecule has 9 heavy (non-hydrogen) atoms. The van der Waals surface area contributed by atoms with Crippen molar-refractivity contribution in [1.82, 2.24) is 0 Å². The Balaban J connectivity index is 3.33. The molecule has 0 amide bonds. The van der Waals surface area contributed by atoms with Crippen molar-refractivity contribution >= 4 is 32.6 Å². The van der Waals surface area contributed by atoms with Gasteiger partial charge in [0.25, 0.3) is 0 Å². The minimum absolute atomic E-state index is 0.0330. The van der Waals surface area contributed by atoms with Gasteiger partial charge in [-0.2, -0.15) is 0 Å². The Morgan fingerprint density at radius 2 is 1.67 bits per heavy atom. The van der Waals surface area contributed by atoms with Gasteiger partial charge >= 0.3 is 70.3 Å². The Morgan fingerprint density at radius 1 is 1.22 bits per heavy atom. The summed E-state index contributed by atoms with van der Waals surface area (Å²) in [5.41, 5.74) is 0. The van der Waals surface area contributed by atoms with E-state index in [2.05, 4.69) is 26.0 Å². The maximum absolute atomic E-state index is 5.03. The first-order chi connectivity index (χ1) is 4.18. The molecule has 48 valence electrons. The van der Waals surface area contributed by atoms with Crippen LogP contribution in [0.15, 0.2) is 12.1 Å². The normalized spacial score (nSPS) is 9.56. The predicted molar refractivity (Wildman–Crippen MR) is 43.7 cm³/mol. The molecule has 1 heterocycles. The minimum atomic E-state index is 0.0330. The SMILES string of the molecule is Cc1cc(=S)cc(C)[te]1. The molecule has 0 N–H and O–H groups in total. The second kappa shape index (κ2) is 2.96. The van der Waals surface area contributed by atoms with Crippen LogP contribution in [0.4, 0.5) is 0 Å². The summed E-state index contributed by atoms with van der Waals surface area (Å²) in [5.74, 6) is 0. The number of hydrogen-bond donors (Lipinski definition) is 0. The van der Waals surface area contributed by atoms with Crippen LogP contribution >= 0.6 is 12.2 Å². The van der Waals surface area contributed by atoms with Crippen LogP contribution in [0.25, 0.3) is 0 Å². The van der Waals surface area contributed by atoms with Crippen LogP contribution in [-0.2, 0) is 0 Å². The van der Waals surface area contributed by atoms with E-state index in [1.54, 1.807) is 0 Å². The van der Waals surface area contributed by atoms with Crippen LogP contribution in [0.1, 0.15) is 7.16 Å². The molecule has 0 aromatic carbocycles. The molecule has 1 aromatic heterocycles. The quantitative estimate of drug-likeness (QED) is 0.503. The van der Waals surface area contributed by atoms with E-state index >= 15 is 0 Å². The van der Waals surface area contributed by atoms with Gasteiger partial charge in [0.1, 0.15) is 0 Å². The molecular weight excluding hydrogens is 244 g/mol. The molecule has 1 aromatic rings. The topological polar surface area (TPSA) is 0 Å². The predicted octanol–water partition coefficient (Wildman–Crippen LogP) is 2.09. The van der Waals surface area contributed by atoms with Crippen molar-refractivity contribution in [3.8, 4) is 0 Å². The molecule has 0 radical (unpaired) electrons. The molecular formula is C7H8STe. The van der Waals surface area contributed by atoms with Crippen LogP contribution in [0, 0.1) is 18.4 Å². The zero-order valence-corrected chi connectivity index (χ0v) is 8.62. The Kier molecular flexibility index (Phi) is 2.46. The third kappa shape index (κ3) is 2.21. The van der Waals surface area contributed by atoms with Gasteiger partial charge in [0, 0.05) is 0 Å². The first-order valence-corrected chi connectivity index (χ1v) is 5.51. The summed E-state index contributed by atoms with van der Waals surface area (Å²) < 4.78 is 4.01. The first-order valence-electron chi connectivity index (χ1n) is 2.77. The molecule has 0 saturated carbocycles. The monoisotopic (exact) mass is 254 g/mol. The van der Waals surface area contributed by atoms with Crippen LogP contribution < -0.4 is 0 Å². The van der Waals surface area contributed by atoms with Gasteiger partial charge in [-0.3, -0.25) is 0 Å². The van der Waals surface area contributed by atoms with Gasteiger partial charge in [0.15, 0.2) is 0 Å². The molecule has 0 aliphatic rings. The Labute approximate surface area is 70.2 Å². The van der Waals surface area contributed by atoms with Crippen molar-refractivity contribution < 1.29 is 0 Å². The van der Waals surface area contributed by atoms with Gasteiger partial charge in [-0.25, -0.2) is 0 Å². The second-order valence-corrected chi connectivity index (χ2v) is 6.74. The molecule has 0 aliphatic carbocycles. The number of aryl methyl sites for hydroxylation is 2. The summed E-state index contributed by atoms with van der Waals surface area (Å²) in [6, 6.07) is 4.23. The van der Waals surface area contributed by atoms with E-state index in [1.807, 2.05) is 0 Å². The van der Waals surface area contributed by atoms with Gasteiger partial charge in [-0.1, -0.05) is 0 Å². The number of rotatable bonds is 0. The van der Waals surface area contributed by atoms with Gasteiger partial charge in [0.05, 0.1) is 0 Å². The molecule has 0 nitrogen and oxygen atoms in total. The van der Waals surface area contributed by atoms with E-state index in [0.717, 1.165) is 4.51 Å². The molecule has 0 atom stereocenters. The van der Waals surface area contributed by atoms with Gasteiger partial charge in [-0.15, -0.1) is 0 Å². The summed E-state index contributed by atoms with van der Waals surface area (Å²) in [6.07, 6.45) is 0. The average molecular weight is 252 g/mol. The van der Waals surface area contributed by atoms with E-state index < -0.39 is 0 Å². The second-order valence-electron chi connectivity index (χ2n) is 2.01. The van der Waals surface area contributed by atoms with Gasteiger partial charge < -0.3 is 0 Å². The summed E-state index contributed by atoms with van der Waals surface area (Å²) in [6.45, 7) is 4.34. The molecule has 2 heteroatoms.